The average Bonchev–Trinajstić information content (AvgIpc) is 2.53. The standard InChI is InChI=1S/C18H33N5O.HI/c1-15-4-3-8-23(14-15)18(19)20-7-9-21-10-12-22(13-11-21)17(24)16-5-2-6-16;/h15-16H,2-14H2,1H3,(H2,19,20);1H. The highest BCUT2D eigenvalue weighted by Gasteiger charge is 2.31. The molecule has 1 saturated carbocycles. The van der Waals surface area contributed by atoms with Crippen LogP contribution in [0.5, 0.6) is 0 Å². The summed E-state index contributed by atoms with van der Waals surface area (Å²) in [6, 6.07) is 0. The molecule has 0 aromatic heterocycles. The van der Waals surface area contributed by atoms with Gasteiger partial charge < -0.3 is 15.5 Å². The zero-order valence-electron chi connectivity index (χ0n) is 15.5. The molecule has 1 unspecified atom stereocenters. The van der Waals surface area contributed by atoms with Crippen LogP contribution in [0.25, 0.3) is 0 Å². The second-order valence-electron chi connectivity index (χ2n) is 7.73. The number of piperidine rings is 1. The monoisotopic (exact) mass is 463 g/mol. The van der Waals surface area contributed by atoms with E-state index in [1.165, 1.54) is 19.3 Å². The van der Waals surface area contributed by atoms with E-state index in [1.807, 2.05) is 0 Å². The van der Waals surface area contributed by atoms with Crippen molar-refractivity contribution < 1.29 is 4.79 Å². The molecule has 3 fully saturated rings. The Labute approximate surface area is 169 Å². The average molecular weight is 463 g/mol. The summed E-state index contributed by atoms with van der Waals surface area (Å²) in [5, 5.41) is 0. The van der Waals surface area contributed by atoms with Gasteiger partial charge in [-0.05, 0) is 31.6 Å². The number of likely N-dealkylation sites (tertiary alicyclic amines) is 1. The molecule has 0 aromatic carbocycles. The van der Waals surface area contributed by atoms with Gasteiger partial charge in [0.2, 0.25) is 5.91 Å². The Hall–Kier alpha value is -0.570. The summed E-state index contributed by atoms with van der Waals surface area (Å²) in [6.07, 6.45) is 5.94. The second-order valence-corrected chi connectivity index (χ2v) is 7.73. The molecule has 2 N–H and O–H groups in total. The molecule has 0 radical (unpaired) electrons. The Morgan fingerprint density at radius 1 is 1.04 bits per heavy atom. The summed E-state index contributed by atoms with van der Waals surface area (Å²) < 4.78 is 0. The summed E-state index contributed by atoms with van der Waals surface area (Å²) in [5.74, 6) is 2.14. The van der Waals surface area contributed by atoms with Crippen molar-refractivity contribution in [3.63, 3.8) is 0 Å². The number of carbonyl (C=O) groups is 1. The zero-order chi connectivity index (χ0) is 16.9. The Balaban J connectivity index is 0.00000225. The molecule has 1 aliphatic carbocycles. The molecule has 2 aliphatic heterocycles. The van der Waals surface area contributed by atoms with Crippen LogP contribution in [-0.2, 0) is 4.79 Å². The fourth-order valence-electron chi connectivity index (χ4n) is 3.91. The molecule has 3 aliphatic rings. The molecule has 2 heterocycles. The maximum atomic E-state index is 12.3. The van der Waals surface area contributed by atoms with Crippen LogP contribution < -0.4 is 5.73 Å². The molecule has 1 atom stereocenters. The number of hydrogen-bond acceptors (Lipinski definition) is 3. The number of nitrogens with two attached hydrogens (primary N) is 1. The van der Waals surface area contributed by atoms with E-state index in [9.17, 15) is 4.79 Å². The molecule has 2 saturated heterocycles. The van der Waals surface area contributed by atoms with Crippen molar-refractivity contribution in [2.75, 3.05) is 52.4 Å². The number of rotatable bonds is 4. The van der Waals surface area contributed by atoms with Crippen LogP contribution in [0, 0.1) is 11.8 Å². The number of carbonyl (C=O) groups excluding carboxylic acids is 1. The van der Waals surface area contributed by atoms with Crippen LogP contribution in [0.15, 0.2) is 4.99 Å². The van der Waals surface area contributed by atoms with Crippen LogP contribution in [-0.4, -0.2) is 78.9 Å². The largest absolute Gasteiger partial charge is 0.370 e. The van der Waals surface area contributed by atoms with Gasteiger partial charge in [-0.25, -0.2) is 0 Å². The number of piperazine rings is 1. The van der Waals surface area contributed by atoms with Crippen molar-refractivity contribution in [2.45, 2.75) is 39.0 Å². The molecular weight excluding hydrogens is 429 g/mol. The van der Waals surface area contributed by atoms with Crippen molar-refractivity contribution in [2.24, 2.45) is 22.6 Å². The fourth-order valence-corrected chi connectivity index (χ4v) is 3.91. The Morgan fingerprint density at radius 3 is 2.36 bits per heavy atom. The quantitative estimate of drug-likeness (QED) is 0.391. The highest BCUT2D eigenvalue weighted by molar-refractivity contribution is 14.0. The van der Waals surface area contributed by atoms with Crippen molar-refractivity contribution in [3.8, 4) is 0 Å². The topological polar surface area (TPSA) is 65.2 Å². The predicted octanol–water partition coefficient (Wildman–Crippen LogP) is 1.60. The van der Waals surface area contributed by atoms with E-state index in [0.29, 0.717) is 23.7 Å². The third kappa shape index (κ3) is 5.70. The van der Waals surface area contributed by atoms with Crippen molar-refractivity contribution in [1.29, 1.82) is 0 Å². The fraction of sp³-hybridized carbons (Fsp3) is 0.889. The minimum absolute atomic E-state index is 0. The zero-order valence-corrected chi connectivity index (χ0v) is 17.9. The number of guanidine groups is 1. The third-order valence-corrected chi connectivity index (χ3v) is 5.81. The van der Waals surface area contributed by atoms with Crippen LogP contribution >= 0.6 is 24.0 Å². The number of halogens is 1. The minimum Gasteiger partial charge on any atom is -0.370 e. The molecular formula is C18H34IN5O. The van der Waals surface area contributed by atoms with Gasteiger partial charge in [-0.1, -0.05) is 13.3 Å². The van der Waals surface area contributed by atoms with Crippen molar-refractivity contribution in [3.05, 3.63) is 0 Å². The summed E-state index contributed by atoms with van der Waals surface area (Å²) >= 11 is 0. The maximum Gasteiger partial charge on any atom is 0.225 e. The third-order valence-electron chi connectivity index (χ3n) is 5.81. The van der Waals surface area contributed by atoms with Gasteiger partial charge >= 0.3 is 0 Å². The molecule has 25 heavy (non-hydrogen) atoms. The van der Waals surface area contributed by atoms with Gasteiger partial charge in [0.15, 0.2) is 5.96 Å². The van der Waals surface area contributed by atoms with Crippen LogP contribution in [0.1, 0.15) is 39.0 Å². The van der Waals surface area contributed by atoms with Gasteiger partial charge in [0.1, 0.15) is 0 Å². The molecule has 0 spiro atoms. The van der Waals surface area contributed by atoms with Gasteiger partial charge in [0.05, 0.1) is 6.54 Å². The van der Waals surface area contributed by atoms with Crippen LogP contribution in [0.3, 0.4) is 0 Å². The maximum absolute atomic E-state index is 12.3. The van der Waals surface area contributed by atoms with Gasteiger partial charge in [-0.3, -0.25) is 14.7 Å². The lowest BCUT2D eigenvalue weighted by molar-refractivity contribution is -0.139. The van der Waals surface area contributed by atoms with E-state index in [0.717, 1.165) is 65.2 Å². The van der Waals surface area contributed by atoms with E-state index < -0.39 is 0 Å². The van der Waals surface area contributed by atoms with Crippen LogP contribution in [0.4, 0.5) is 0 Å². The number of nitrogens with zero attached hydrogens (tertiary/aromatic N) is 4. The lowest BCUT2D eigenvalue weighted by atomic mass is 9.84. The lowest BCUT2D eigenvalue weighted by Gasteiger charge is -2.38. The number of hydrogen-bond donors (Lipinski definition) is 1. The van der Waals surface area contributed by atoms with Crippen molar-refractivity contribution in [1.82, 2.24) is 14.7 Å². The normalized spacial score (nSPS) is 26.1. The van der Waals surface area contributed by atoms with E-state index in [4.69, 9.17) is 5.73 Å². The summed E-state index contributed by atoms with van der Waals surface area (Å²) in [6.45, 7) is 9.74. The molecule has 7 heteroatoms. The molecule has 144 valence electrons. The molecule has 0 aromatic rings. The predicted molar refractivity (Wildman–Crippen MR) is 112 cm³/mol. The van der Waals surface area contributed by atoms with E-state index in [-0.39, 0.29) is 24.0 Å². The highest BCUT2D eigenvalue weighted by atomic mass is 127. The van der Waals surface area contributed by atoms with Gasteiger partial charge in [0, 0.05) is 51.7 Å². The highest BCUT2D eigenvalue weighted by Crippen LogP contribution is 2.28. The first-order valence-corrected chi connectivity index (χ1v) is 9.69. The summed E-state index contributed by atoms with van der Waals surface area (Å²) in [5.41, 5.74) is 6.15. The SMILES string of the molecule is CC1CCCN(C(N)=NCCN2CCN(C(=O)C3CCC3)CC2)C1.I. The van der Waals surface area contributed by atoms with Gasteiger partial charge in [-0.2, -0.15) is 0 Å². The minimum atomic E-state index is 0. The first-order chi connectivity index (χ1) is 11.6. The van der Waals surface area contributed by atoms with Gasteiger partial charge in [0.25, 0.3) is 0 Å². The molecule has 6 nitrogen and oxygen atoms in total. The van der Waals surface area contributed by atoms with E-state index in [2.05, 4.69) is 26.6 Å². The second kappa shape index (κ2) is 9.94. The lowest BCUT2D eigenvalue weighted by Crippen LogP contribution is -2.51. The van der Waals surface area contributed by atoms with E-state index in [1.54, 1.807) is 0 Å². The summed E-state index contributed by atoms with van der Waals surface area (Å²) in [4.78, 5) is 23.5. The Bertz CT molecular complexity index is 460. The molecule has 3 rings (SSSR count). The Kier molecular flexibility index (Phi) is 8.25. The Morgan fingerprint density at radius 2 is 1.76 bits per heavy atom. The smallest absolute Gasteiger partial charge is 0.225 e. The molecule has 0 bridgehead atoms. The van der Waals surface area contributed by atoms with Gasteiger partial charge in [-0.15, -0.1) is 24.0 Å². The first-order valence-electron chi connectivity index (χ1n) is 9.69. The number of aliphatic imine (C=N–C) groups is 1. The summed E-state index contributed by atoms with van der Waals surface area (Å²) in [7, 11) is 0. The van der Waals surface area contributed by atoms with E-state index >= 15 is 0 Å². The van der Waals surface area contributed by atoms with Crippen LogP contribution in [0.2, 0.25) is 0 Å². The number of amides is 1. The first kappa shape index (κ1) is 20.7. The molecule has 1 amide bonds. The van der Waals surface area contributed by atoms with Crippen molar-refractivity contribution >= 4 is 35.8 Å².